The molecule has 0 aromatic heterocycles. The van der Waals surface area contributed by atoms with Crippen molar-refractivity contribution in [2.75, 3.05) is 20.2 Å². The minimum Gasteiger partial charge on any atom is -0.506 e. The molecule has 0 fully saturated rings. The molecule has 2 aromatic rings. The lowest BCUT2D eigenvalue weighted by Crippen LogP contribution is -2.30. The second-order valence-corrected chi connectivity index (χ2v) is 8.62. The summed E-state index contributed by atoms with van der Waals surface area (Å²) < 4.78 is 32.1. The molecule has 2 rings (SSSR count). The normalized spacial score (nSPS) is 13.2. The maximum Gasteiger partial charge on any atom is 0.243 e. The summed E-state index contributed by atoms with van der Waals surface area (Å²) in [5.41, 5.74) is 1.79. The van der Waals surface area contributed by atoms with Crippen molar-refractivity contribution in [1.82, 2.24) is 4.31 Å². The largest absolute Gasteiger partial charge is 0.506 e. The highest BCUT2D eigenvalue weighted by Gasteiger charge is 2.23. The summed E-state index contributed by atoms with van der Waals surface area (Å²) in [4.78, 5) is 0.138. The number of nitrogens with zero attached hydrogens (tertiary/aromatic N) is 3. The van der Waals surface area contributed by atoms with Crippen molar-refractivity contribution in [2.45, 2.75) is 44.9 Å². The number of ether oxygens (including phenoxy) is 1. The monoisotopic (exact) mass is 419 g/mol. The summed E-state index contributed by atoms with van der Waals surface area (Å²) in [5, 5.41) is 18.4. The van der Waals surface area contributed by atoms with Gasteiger partial charge in [-0.15, -0.1) is 10.2 Å². The predicted molar refractivity (Wildman–Crippen MR) is 114 cm³/mol. The van der Waals surface area contributed by atoms with Gasteiger partial charge in [0.15, 0.2) is 0 Å². The van der Waals surface area contributed by atoms with E-state index in [1.165, 1.54) is 23.5 Å². The first-order valence-corrected chi connectivity index (χ1v) is 11.1. The van der Waals surface area contributed by atoms with E-state index < -0.39 is 10.0 Å². The van der Waals surface area contributed by atoms with Crippen molar-refractivity contribution in [2.24, 2.45) is 10.2 Å². The lowest BCUT2D eigenvalue weighted by Gasteiger charge is -2.19. The number of methoxy groups -OCH3 is 1. The SMILES string of the molecule is CCC(C)c1ccc(O)c(N=Nc2ccc(S(=O)(=O)N(CC)CC)cc2OC)c1. The number of hydrogen-bond acceptors (Lipinski definition) is 6. The van der Waals surface area contributed by atoms with Crippen LogP contribution in [0.1, 0.15) is 45.6 Å². The molecule has 158 valence electrons. The summed E-state index contributed by atoms with van der Waals surface area (Å²) in [6, 6.07) is 9.76. The second-order valence-electron chi connectivity index (χ2n) is 6.68. The Kier molecular flexibility index (Phi) is 7.75. The van der Waals surface area contributed by atoms with Gasteiger partial charge in [-0.1, -0.05) is 33.8 Å². The maximum atomic E-state index is 12.7. The average Bonchev–Trinajstić information content (AvgIpc) is 2.73. The van der Waals surface area contributed by atoms with Gasteiger partial charge in [-0.05, 0) is 42.2 Å². The van der Waals surface area contributed by atoms with E-state index in [9.17, 15) is 13.5 Å². The molecule has 8 heteroatoms. The fraction of sp³-hybridized carbons (Fsp3) is 0.429. The molecular weight excluding hydrogens is 390 g/mol. The Labute approximate surface area is 173 Å². The summed E-state index contributed by atoms with van der Waals surface area (Å²) in [6.07, 6.45) is 0.970. The summed E-state index contributed by atoms with van der Waals surface area (Å²) in [6.45, 7) is 8.55. The van der Waals surface area contributed by atoms with Crippen LogP contribution in [0.4, 0.5) is 11.4 Å². The molecule has 29 heavy (non-hydrogen) atoms. The second kappa shape index (κ2) is 9.84. The van der Waals surface area contributed by atoms with Crippen molar-refractivity contribution >= 4 is 21.4 Å². The van der Waals surface area contributed by atoms with Gasteiger partial charge in [-0.2, -0.15) is 4.31 Å². The van der Waals surface area contributed by atoms with Crippen molar-refractivity contribution in [3.8, 4) is 11.5 Å². The zero-order valence-electron chi connectivity index (χ0n) is 17.6. The molecule has 7 nitrogen and oxygen atoms in total. The molecule has 1 N–H and O–H groups in total. The first kappa shape index (κ1) is 22.8. The minimum atomic E-state index is -3.60. The van der Waals surface area contributed by atoms with Gasteiger partial charge in [0, 0.05) is 19.2 Å². The van der Waals surface area contributed by atoms with Crippen LogP contribution in [0.5, 0.6) is 11.5 Å². The molecule has 0 bridgehead atoms. The number of benzene rings is 2. The molecule has 0 radical (unpaired) electrons. The van der Waals surface area contributed by atoms with E-state index in [2.05, 4.69) is 24.1 Å². The Bertz CT molecular complexity index is 970. The van der Waals surface area contributed by atoms with Crippen LogP contribution in [0.25, 0.3) is 0 Å². The van der Waals surface area contributed by atoms with Crippen LogP contribution in [0.2, 0.25) is 0 Å². The van der Waals surface area contributed by atoms with Gasteiger partial charge in [0.25, 0.3) is 0 Å². The van der Waals surface area contributed by atoms with E-state index in [4.69, 9.17) is 4.74 Å². The van der Waals surface area contributed by atoms with Gasteiger partial charge in [0.05, 0.1) is 12.0 Å². The number of phenolic OH excluding ortho intramolecular Hbond substituents is 1. The molecule has 2 aromatic carbocycles. The average molecular weight is 420 g/mol. The number of sulfonamides is 1. The Morgan fingerprint density at radius 1 is 1.03 bits per heavy atom. The zero-order valence-corrected chi connectivity index (χ0v) is 18.4. The molecule has 0 aliphatic heterocycles. The third-order valence-electron chi connectivity index (χ3n) is 4.94. The van der Waals surface area contributed by atoms with E-state index in [0.717, 1.165) is 12.0 Å². The van der Waals surface area contributed by atoms with Crippen molar-refractivity contribution in [1.29, 1.82) is 0 Å². The molecule has 0 aliphatic rings. The number of phenols is 1. The van der Waals surface area contributed by atoms with E-state index in [-0.39, 0.29) is 10.6 Å². The van der Waals surface area contributed by atoms with Gasteiger partial charge in [0.2, 0.25) is 10.0 Å². The van der Waals surface area contributed by atoms with Crippen molar-refractivity contribution in [3.05, 3.63) is 42.0 Å². The van der Waals surface area contributed by atoms with Gasteiger partial charge in [-0.3, -0.25) is 0 Å². The van der Waals surface area contributed by atoms with Crippen LogP contribution in [-0.2, 0) is 10.0 Å². The summed E-state index contributed by atoms with van der Waals surface area (Å²) in [5.74, 6) is 0.656. The first-order chi connectivity index (χ1) is 13.8. The third kappa shape index (κ3) is 5.13. The highest BCUT2D eigenvalue weighted by Crippen LogP contribution is 2.35. The van der Waals surface area contributed by atoms with Crippen LogP contribution in [-0.4, -0.2) is 38.0 Å². The highest BCUT2D eigenvalue weighted by atomic mass is 32.2. The quantitative estimate of drug-likeness (QED) is 0.554. The van der Waals surface area contributed by atoms with Crippen LogP contribution in [0.15, 0.2) is 51.5 Å². The molecular formula is C21H29N3O4S. The van der Waals surface area contributed by atoms with E-state index in [1.54, 1.807) is 32.0 Å². The lowest BCUT2D eigenvalue weighted by molar-refractivity contribution is 0.413. The fourth-order valence-electron chi connectivity index (χ4n) is 2.88. The Morgan fingerprint density at radius 2 is 1.69 bits per heavy atom. The van der Waals surface area contributed by atoms with Crippen molar-refractivity contribution < 1.29 is 18.3 Å². The zero-order chi connectivity index (χ0) is 21.6. The molecule has 0 aliphatic carbocycles. The van der Waals surface area contributed by atoms with Crippen molar-refractivity contribution in [3.63, 3.8) is 0 Å². The molecule has 0 saturated heterocycles. The van der Waals surface area contributed by atoms with E-state index in [0.29, 0.717) is 36.1 Å². The third-order valence-corrected chi connectivity index (χ3v) is 6.99. The molecule has 1 unspecified atom stereocenters. The minimum absolute atomic E-state index is 0.0282. The van der Waals surface area contributed by atoms with Crippen LogP contribution < -0.4 is 4.74 Å². The number of rotatable bonds is 9. The standard InChI is InChI=1S/C21H29N3O4S/c1-6-15(4)16-9-12-20(25)19(13-16)23-22-18-11-10-17(14-21(18)28-5)29(26,27)24(7-2)8-3/h9-15,25H,6-8H2,1-5H3. The summed E-state index contributed by atoms with van der Waals surface area (Å²) >= 11 is 0. The maximum absolute atomic E-state index is 12.7. The van der Waals surface area contributed by atoms with Crippen LogP contribution in [0.3, 0.4) is 0 Å². The molecule has 0 amide bonds. The number of azo groups is 1. The highest BCUT2D eigenvalue weighted by molar-refractivity contribution is 7.89. The Hall–Kier alpha value is -2.45. The van der Waals surface area contributed by atoms with Gasteiger partial charge < -0.3 is 9.84 Å². The fourth-order valence-corrected chi connectivity index (χ4v) is 4.36. The molecule has 1 atom stereocenters. The lowest BCUT2D eigenvalue weighted by atomic mass is 9.98. The van der Waals surface area contributed by atoms with E-state index in [1.807, 2.05) is 6.07 Å². The van der Waals surface area contributed by atoms with Gasteiger partial charge in [0.1, 0.15) is 22.9 Å². The summed E-state index contributed by atoms with van der Waals surface area (Å²) in [7, 11) is -2.15. The Morgan fingerprint density at radius 3 is 2.28 bits per heavy atom. The Balaban J connectivity index is 2.40. The molecule has 0 heterocycles. The topological polar surface area (TPSA) is 91.6 Å². The van der Waals surface area contributed by atoms with E-state index >= 15 is 0 Å². The molecule has 0 spiro atoms. The predicted octanol–water partition coefficient (Wildman–Crippen LogP) is 5.36. The number of hydrogen-bond donors (Lipinski definition) is 1. The number of aromatic hydroxyl groups is 1. The molecule has 0 saturated carbocycles. The van der Waals surface area contributed by atoms with Gasteiger partial charge in [-0.25, -0.2) is 8.42 Å². The smallest absolute Gasteiger partial charge is 0.243 e. The van der Waals surface area contributed by atoms with Gasteiger partial charge >= 0.3 is 0 Å². The van der Waals surface area contributed by atoms with Crippen LogP contribution >= 0.6 is 0 Å². The van der Waals surface area contributed by atoms with Crippen LogP contribution in [0, 0.1) is 0 Å². The first-order valence-electron chi connectivity index (χ1n) is 9.71.